The van der Waals surface area contributed by atoms with E-state index >= 15 is 0 Å². The molecule has 0 fully saturated rings. The summed E-state index contributed by atoms with van der Waals surface area (Å²) in [5.74, 6) is 0. The van der Waals surface area contributed by atoms with E-state index in [2.05, 4.69) is 0 Å². The van der Waals surface area contributed by atoms with Crippen molar-refractivity contribution in [3.63, 3.8) is 0 Å². The zero-order valence-corrected chi connectivity index (χ0v) is 28.6. The summed E-state index contributed by atoms with van der Waals surface area (Å²) in [7, 11) is -16.2. The van der Waals surface area contributed by atoms with Gasteiger partial charge >= 0.3 is 226 Å². The van der Waals surface area contributed by atoms with Gasteiger partial charge in [0.15, 0.2) is 0 Å². The number of hydrogen-bond donors (Lipinski definition) is 0. The molecular weight excluding hydrogens is 601 g/mol. The topological polar surface area (TPSA) is 352 Å². The van der Waals surface area contributed by atoms with Crippen molar-refractivity contribution in [2.24, 2.45) is 0 Å². The number of carbonyl (C=O) groups is 1. The monoisotopic (exact) mass is 602 g/mol. The van der Waals surface area contributed by atoms with Crippen LogP contribution in [0, 0.1) is 0 Å². The molecule has 0 radical (unpaired) electrons. The van der Waals surface area contributed by atoms with Crippen molar-refractivity contribution in [3.8, 4) is 0 Å². The molecule has 26 heavy (non-hydrogen) atoms. The van der Waals surface area contributed by atoms with Crippen molar-refractivity contribution >= 4 is 256 Å². The molecule has 0 aromatic heterocycles. The van der Waals surface area contributed by atoms with E-state index in [-0.39, 0.29) is 232 Å². The Labute approximate surface area is 325 Å². The van der Waals surface area contributed by atoms with Crippen LogP contribution in [0.15, 0.2) is 0 Å². The van der Waals surface area contributed by atoms with Crippen LogP contribution in [0.1, 0.15) is 0 Å². The van der Waals surface area contributed by atoms with Crippen molar-refractivity contribution in [2.45, 2.75) is 0 Å². The number of hydrogen-bond acceptors (Lipinski definition) is 16. The number of carboxylic acid groups (broad SMARTS) is 2. The number of phosphoric acid groups is 3. The molecule has 25 heteroatoms. The molecule has 128 valence electrons. The van der Waals surface area contributed by atoms with Gasteiger partial charge in [0.2, 0.25) is 0 Å². The first kappa shape index (κ1) is 69.8. The molecular formula is CHCa6O16P3. The number of rotatable bonds is 0. The van der Waals surface area contributed by atoms with Gasteiger partial charge in [-0.2, -0.15) is 23.5 Å². The van der Waals surface area contributed by atoms with E-state index in [0.29, 0.717) is 0 Å². The van der Waals surface area contributed by atoms with Gasteiger partial charge in [0.1, 0.15) is 0 Å². The zero-order valence-electron chi connectivity index (χ0n) is 12.7. The minimum atomic E-state index is -5.39. The molecule has 0 saturated carbocycles. The van der Waals surface area contributed by atoms with Gasteiger partial charge in [-0.15, -0.1) is 0 Å². The molecule has 0 spiro atoms. The first-order chi connectivity index (χ1) is 7.73. The van der Waals surface area contributed by atoms with Crippen molar-refractivity contribution in [3.05, 3.63) is 0 Å². The van der Waals surface area contributed by atoms with Gasteiger partial charge in [-0.05, 0) is 6.16 Å². The smallest absolute Gasteiger partial charge is 0.870 e. The summed E-state index contributed by atoms with van der Waals surface area (Å²) in [6.45, 7) is 0. The van der Waals surface area contributed by atoms with E-state index in [1.807, 2.05) is 0 Å². The predicted octanol–water partition coefficient (Wildman–Crippen LogP) is -13.4. The zero-order chi connectivity index (χ0) is 17.1. The van der Waals surface area contributed by atoms with Gasteiger partial charge in [-0.3, -0.25) is 0 Å². The van der Waals surface area contributed by atoms with E-state index in [0.717, 1.165) is 0 Å². The fourth-order valence-electron chi connectivity index (χ4n) is 0. The molecule has 0 unspecified atom stereocenters. The van der Waals surface area contributed by atoms with Gasteiger partial charge < -0.3 is 78.2 Å². The molecule has 0 aliphatic heterocycles. The predicted molar refractivity (Wildman–Crippen MR) is 64.7 cm³/mol. The van der Waals surface area contributed by atoms with Crippen molar-refractivity contribution in [2.75, 3.05) is 0 Å². The van der Waals surface area contributed by atoms with Gasteiger partial charge in [0, 0.05) is 0 Å². The summed E-state index contributed by atoms with van der Waals surface area (Å²) in [4.78, 5) is 85.3. The van der Waals surface area contributed by atoms with E-state index in [1.54, 1.807) is 0 Å². The Morgan fingerprint density at radius 1 is 0.462 bits per heavy atom. The van der Waals surface area contributed by atoms with Crippen LogP contribution in [0.25, 0.3) is 0 Å². The van der Waals surface area contributed by atoms with E-state index in [9.17, 15) is 0 Å². The Morgan fingerprint density at radius 2 is 0.462 bits per heavy atom. The van der Waals surface area contributed by atoms with E-state index in [4.69, 9.17) is 72.7 Å². The molecule has 0 atom stereocenters. The van der Waals surface area contributed by atoms with Gasteiger partial charge in [-0.25, -0.2) is 0 Å². The second-order valence-corrected chi connectivity index (χ2v) is 4.27. The third-order valence-corrected chi connectivity index (χ3v) is 0. The Bertz CT molecular complexity index is 294. The molecule has 0 saturated heterocycles. The van der Waals surface area contributed by atoms with Crippen LogP contribution in [0.3, 0.4) is 0 Å². The van der Waals surface area contributed by atoms with Gasteiger partial charge in [-0.1, -0.05) is 0 Å². The molecule has 16 nitrogen and oxygen atoms in total. The molecule has 1 N–H and O–H groups in total. The third-order valence-electron chi connectivity index (χ3n) is 0. The maximum Gasteiger partial charge on any atom is 2.00 e. The summed E-state index contributed by atoms with van der Waals surface area (Å²) < 4.78 is 25.6. The molecule has 0 bridgehead atoms. The van der Waals surface area contributed by atoms with Crippen LogP contribution in [0.5, 0.6) is 0 Å². The van der Waals surface area contributed by atoms with Crippen molar-refractivity contribution in [1.82, 2.24) is 0 Å². The molecule has 0 aromatic carbocycles. The van der Waals surface area contributed by atoms with Crippen LogP contribution < -0.4 is 54.3 Å². The van der Waals surface area contributed by atoms with E-state index in [1.165, 1.54) is 0 Å². The van der Waals surface area contributed by atoms with Crippen LogP contribution in [-0.2, 0) is 13.7 Å². The maximum absolute atomic E-state index is 8.55. The minimum absolute atomic E-state index is 0. The maximum atomic E-state index is 8.55. The normalized spacial score (nSPS) is 7.73. The standard InChI is InChI=1S/CH2O3.6Ca.3H3O4P.H2O/c2-1(3)4;;;;;;;3*1-5(2,3)4;/h(H2,2,3,4);;;;;;;3*(H3,1,2,3,4);1H2/q;6*+2;;;;/p-12. The third kappa shape index (κ3) is 557. The molecule has 0 amide bonds. The van der Waals surface area contributed by atoms with Crippen LogP contribution in [0.4, 0.5) is 4.79 Å². The summed E-state index contributed by atoms with van der Waals surface area (Å²) in [5.41, 5.74) is 0. The molecule has 0 aliphatic rings. The van der Waals surface area contributed by atoms with Crippen LogP contribution >= 0.6 is 23.5 Å². The van der Waals surface area contributed by atoms with Crippen LogP contribution in [-0.4, -0.2) is 238 Å². The average Bonchev–Trinajstić information content (AvgIpc) is 1.66. The Hall–Kier alpha value is 7.12. The minimum Gasteiger partial charge on any atom is -0.870 e. The first-order valence-electron chi connectivity index (χ1n) is 2.80. The fourth-order valence-corrected chi connectivity index (χ4v) is 0. The van der Waals surface area contributed by atoms with Gasteiger partial charge in [0.05, 0.1) is 0 Å². The summed E-state index contributed by atoms with van der Waals surface area (Å²) in [6.07, 6.45) is -2.33. The first-order valence-corrected chi connectivity index (χ1v) is 7.19. The molecule has 0 rings (SSSR count). The Balaban J connectivity index is -0.0000000118. The fraction of sp³-hybridized carbons (Fsp3) is 0. The average molecular weight is 602 g/mol. The summed E-state index contributed by atoms with van der Waals surface area (Å²) in [6, 6.07) is 0. The summed E-state index contributed by atoms with van der Waals surface area (Å²) >= 11 is 0. The molecule has 0 aliphatic carbocycles. The number of carbonyl (C=O) groups excluding carboxylic acids is 1. The Kier molecular flexibility index (Phi) is 106. The Morgan fingerprint density at radius 3 is 0.462 bits per heavy atom. The molecule has 0 aromatic rings. The second kappa shape index (κ2) is 39.3. The van der Waals surface area contributed by atoms with Crippen LogP contribution in [0.2, 0.25) is 0 Å². The quantitative estimate of drug-likeness (QED) is 0.183. The summed E-state index contributed by atoms with van der Waals surface area (Å²) in [5, 5.41) is 16.7. The second-order valence-electron chi connectivity index (χ2n) is 1.59. The largest absolute Gasteiger partial charge is 2.00 e. The van der Waals surface area contributed by atoms with E-state index < -0.39 is 29.6 Å². The SMILES string of the molecule is O=C([O-])[O-].O=P([O-])([O-])[O-].O=P([O-])([O-])[O-].O=P([O-])([O-])[O-].[Ca+2].[Ca+2].[Ca+2].[Ca+2].[Ca+2].[Ca+2].[OH-]. The van der Waals surface area contributed by atoms with Crippen molar-refractivity contribution in [1.29, 1.82) is 0 Å². The van der Waals surface area contributed by atoms with Gasteiger partial charge in [0.25, 0.3) is 0 Å². The molecule has 0 heterocycles. The van der Waals surface area contributed by atoms with Crippen molar-refractivity contribution < 1.29 is 78.2 Å².